The molecule has 0 unspecified atom stereocenters. The molecule has 1 aromatic heterocycles. The van der Waals surface area contributed by atoms with E-state index in [4.69, 9.17) is 0 Å². The quantitative estimate of drug-likeness (QED) is 0.710. The van der Waals surface area contributed by atoms with Gasteiger partial charge < -0.3 is 10.3 Å². The Morgan fingerprint density at radius 1 is 1.50 bits per heavy atom. The minimum atomic E-state index is -0.0197. The molecule has 5 heteroatoms. The van der Waals surface area contributed by atoms with Gasteiger partial charge in [0.1, 0.15) is 5.82 Å². The monoisotopic (exact) mass is 269 g/mol. The summed E-state index contributed by atoms with van der Waals surface area (Å²) in [6.45, 7) is 7.99. The van der Waals surface area contributed by atoms with Crippen molar-refractivity contribution in [1.82, 2.24) is 15.3 Å². The topological polar surface area (TPSA) is 57.8 Å². The molecule has 0 atom stereocenters. The lowest BCUT2D eigenvalue weighted by Crippen LogP contribution is -2.23. The van der Waals surface area contributed by atoms with Gasteiger partial charge in [-0.3, -0.25) is 4.79 Å². The van der Waals surface area contributed by atoms with Crippen molar-refractivity contribution >= 4 is 11.8 Å². The molecule has 1 rings (SSSR count). The SMILES string of the molecule is CCCNCc1cnc(CSCC(C)C)[nH]c1=O. The summed E-state index contributed by atoms with van der Waals surface area (Å²) in [6, 6.07) is 0. The van der Waals surface area contributed by atoms with Crippen LogP contribution in [0.2, 0.25) is 0 Å². The van der Waals surface area contributed by atoms with Gasteiger partial charge in [-0.15, -0.1) is 0 Å². The third kappa shape index (κ3) is 5.69. The third-order valence-corrected chi connectivity index (χ3v) is 3.74. The van der Waals surface area contributed by atoms with Crippen molar-refractivity contribution in [1.29, 1.82) is 0 Å². The first-order chi connectivity index (χ1) is 8.63. The van der Waals surface area contributed by atoms with Crippen LogP contribution in [0.1, 0.15) is 38.6 Å². The van der Waals surface area contributed by atoms with E-state index in [1.54, 1.807) is 18.0 Å². The van der Waals surface area contributed by atoms with Crippen LogP contribution < -0.4 is 10.9 Å². The number of nitrogens with zero attached hydrogens (tertiary/aromatic N) is 1. The molecule has 0 bridgehead atoms. The van der Waals surface area contributed by atoms with Gasteiger partial charge in [-0.25, -0.2) is 4.98 Å². The van der Waals surface area contributed by atoms with Crippen molar-refractivity contribution in [3.63, 3.8) is 0 Å². The molecule has 0 spiro atoms. The Kier molecular flexibility index (Phi) is 7.05. The third-order valence-electron chi connectivity index (χ3n) is 2.36. The molecule has 1 aromatic rings. The van der Waals surface area contributed by atoms with Crippen LogP contribution in [0, 0.1) is 5.92 Å². The Bertz CT molecular complexity index is 403. The van der Waals surface area contributed by atoms with Gasteiger partial charge in [0.25, 0.3) is 5.56 Å². The highest BCUT2D eigenvalue weighted by molar-refractivity contribution is 7.98. The lowest BCUT2D eigenvalue weighted by molar-refractivity contribution is 0.667. The summed E-state index contributed by atoms with van der Waals surface area (Å²) in [5, 5.41) is 3.20. The Balaban J connectivity index is 2.48. The standard InChI is InChI=1S/C13H23N3OS/c1-4-5-14-6-11-7-15-12(16-13(11)17)9-18-8-10(2)3/h7,10,14H,4-6,8-9H2,1-3H3,(H,15,16,17). The number of nitrogens with one attached hydrogen (secondary N) is 2. The number of hydrogen-bond acceptors (Lipinski definition) is 4. The Labute approximate surface area is 113 Å². The van der Waals surface area contributed by atoms with Gasteiger partial charge in [0, 0.05) is 18.3 Å². The van der Waals surface area contributed by atoms with Gasteiger partial charge >= 0.3 is 0 Å². The maximum absolute atomic E-state index is 11.8. The highest BCUT2D eigenvalue weighted by Crippen LogP contribution is 2.11. The van der Waals surface area contributed by atoms with Crippen molar-refractivity contribution < 1.29 is 0 Å². The first kappa shape index (κ1) is 15.2. The molecule has 1 heterocycles. The zero-order valence-electron chi connectivity index (χ0n) is 11.5. The van der Waals surface area contributed by atoms with E-state index >= 15 is 0 Å². The molecule has 0 aliphatic heterocycles. The normalized spacial score (nSPS) is 11.1. The second-order valence-electron chi connectivity index (χ2n) is 4.77. The van der Waals surface area contributed by atoms with Crippen molar-refractivity contribution in [2.75, 3.05) is 12.3 Å². The number of thioether (sulfide) groups is 1. The molecule has 0 aliphatic rings. The Morgan fingerprint density at radius 3 is 2.89 bits per heavy atom. The van der Waals surface area contributed by atoms with Gasteiger partial charge in [0.05, 0.1) is 5.75 Å². The second-order valence-corrected chi connectivity index (χ2v) is 5.80. The summed E-state index contributed by atoms with van der Waals surface area (Å²) in [5.74, 6) is 3.30. The molecule has 4 nitrogen and oxygen atoms in total. The van der Waals surface area contributed by atoms with Gasteiger partial charge in [0.15, 0.2) is 0 Å². The predicted molar refractivity (Wildman–Crippen MR) is 77.9 cm³/mol. The van der Waals surface area contributed by atoms with Crippen LogP contribution >= 0.6 is 11.8 Å². The van der Waals surface area contributed by atoms with Crippen molar-refractivity contribution in [2.45, 2.75) is 39.5 Å². The van der Waals surface area contributed by atoms with Gasteiger partial charge in [-0.2, -0.15) is 11.8 Å². The number of aromatic nitrogens is 2. The minimum absolute atomic E-state index is 0.0197. The van der Waals surface area contributed by atoms with Crippen LogP contribution in [0.15, 0.2) is 11.0 Å². The maximum Gasteiger partial charge on any atom is 0.255 e. The molecule has 0 fully saturated rings. The van der Waals surface area contributed by atoms with E-state index in [1.165, 1.54) is 0 Å². The van der Waals surface area contributed by atoms with Gasteiger partial charge in [0.2, 0.25) is 0 Å². The fraction of sp³-hybridized carbons (Fsp3) is 0.692. The summed E-state index contributed by atoms with van der Waals surface area (Å²) in [7, 11) is 0. The first-order valence-electron chi connectivity index (χ1n) is 6.49. The predicted octanol–water partition coefficient (Wildman–Crippen LogP) is 2.16. The fourth-order valence-electron chi connectivity index (χ4n) is 1.45. The molecule has 0 radical (unpaired) electrons. The maximum atomic E-state index is 11.8. The number of H-pyrrole nitrogens is 1. The highest BCUT2D eigenvalue weighted by Gasteiger charge is 2.03. The lowest BCUT2D eigenvalue weighted by Gasteiger charge is -2.05. The van der Waals surface area contributed by atoms with Crippen LogP contribution in [0.5, 0.6) is 0 Å². The Hall–Kier alpha value is -0.810. The van der Waals surface area contributed by atoms with Gasteiger partial charge in [-0.05, 0) is 24.6 Å². The average molecular weight is 269 g/mol. The van der Waals surface area contributed by atoms with E-state index < -0.39 is 0 Å². The zero-order valence-corrected chi connectivity index (χ0v) is 12.3. The van der Waals surface area contributed by atoms with Crippen LogP contribution in [0.3, 0.4) is 0 Å². The fourth-order valence-corrected chi connectivity index (χ4v) is 2.38. The number of rotatable bonds is 8. The smallest absolute Gasteiger partial charge is 0.255 e. The molecular weight excluding hydrogens is 246 g/mol. The summed E-state index contributed by atoms with van der Waals surface area (Å²) in [6.07, 6.45) is 2.75. The van der Waals surface area contributed by atoms with E-state index in [0.29, 0.717) is 18.0 Å². The molecule has 0 saturated carbocycles. The van der Waals surface area contributed by atoms with E-state index in [-0.39, 0.29) is 5.56 Å². The minimum Gasteiger partial charge on any atom is -0.312 e. The van der Waals surface area contributed by atoms with Crippen molar-refractivity contribution in [3.8, 4) is 0 Å². The average Bonchev–Trinajstić information content (AvgIpc) is 2.31. The summed E-state index contributed by atoms with van der Waals surface area (Å²) < 4.78 is 0. The molecule has 102 valence electrons. The number of hydrogen-bond donors (Lipinski definition) is 2. The largest absolute Gasteiger partial charge is 0.312 e. The molecular formula is C13H23N3OS. The van der Waals surface area contributed by atoms with Crippen LogP contribution in [-0.4, -0.2) is 22.3 Å². The number of aromatic amines is 1. The lowest BCUT2D eigenvalue weighted by atomic mass is 10.3. The molecule has 0 saturated heterocycles. The van der Waals surface area contributed by atoms with E-state index in [0.717, 1.165) is 30.3 Å². The zero-order chi connectivity index (χ0) is 13.4. The van der Waals surface area contributed by atoms with Crippen molar-refractivity contribution in [3.05, 3.63) is 27.9 Å². The van der Waals surface area contributed by atoms with Crippen molar-refractivity contribution in [2.24, 2.45) is 5.92 Å². The highest BCUT2D eigenvalue weighted by atomic mass is 32.2. The Morgan fingerprint density at radius 2 is 2.28 bits per heavy atom. The van der Waals surface area contributed by atoms with E-state index in [9.17, 15) is 4.79 Å². The van der Waals surface area contributed by atoms with E-state index in [1.807, 2.05) is 0 Å². The van der Waals surface area contributed by atoms with Crippen LogP contribution in [0.4, 0.5) is 0 Å². The first-order valence-corrected chi connectivity index (χ1v) is 7.64. The van der Waals surface area contributed by atoms with Gasteiger partial charge in [-0.1, -0.05) is 20.8 Å². The molecule has 2 N–H and O–H groups in total. The summed E-state index contributed by atoms with van der Waals surface area (Å²) in [5.41, 5.74) is 0.690. The van der Waals surface area contributed by atoms with Crippen LogP contribution in [0.25, 0.3) is 0 Å². The molecule has 0 aromatic carbocycles. The molecule has 18 heavy (non-hydrogen) atoms. The molecule has 0 amide bonds. The van der Waals surface area contributed by atoms with Crippen LogP contribution in [-0.2, 0) is 12.3 Å². The van der Waals surface area contributed by atoms with E-state index in [2.05, 4.69) is 36.1 Å². The second kappa shape index (κ2) is 8.32. The summed E-state index contributed by atoms with van der Waals surface area (Å²) >= 11 is 1.80. The summed E-state index contributed by atoms with van der Waals surface area (Å²) in [4.78, 5) is 18.9. The molecule has 0 aliphatic carbocycles.